The van der Waals surface area contributed by atoms with Gasteiger partial charge < -0.3 is 14.5 Å². The fourth-order valence-corrected chi connectivity index (χ4v) is 14.5. The molecule has 0 fully saturated rings. The number of thiazole rings is 1. The monoisotopic (exact) mass is 796 g/mol. The average molecular weight is 797 g/mol. The van der Waals surface area contributed by atoms with Crippen LogP contribution in [-0.4, -0.2) is 42.6 Å². The Labute approximate surface area is 331 Å². The molecule has 2 atom stereocenters. The number of carbonyl (C=O) groups is 1. The molecule has 0 bridgehead atoms. The fraction of sp³-hybridized carbons (Fsp3) is 0.326. The van der Waals surface area contributed by atoms with Crippen molar-refractivity contribution >= 4 is 63.8 Å². The summed E-state index contributed by atoms with van der Waals surface area (Å²) in [5.74, 6) is -0.857. The minimum Gasteiger partial charge on any atom is -0.458 e. The molecule has 4 aromatic carbocycles. The highest BCUT2D eigenvalue weighted by atomic mass is 32.2. The number of hydrogen-bond acceptors (Lipinski definition) is 9. The van der Waals surface area contributed by atoms with E-state index < -0.39 is 36.5 Å². The summed E-state index contributed by atoms with van der Waals surface area (Å²) in [6, 6.07) is 33.8. The van der Waals surface area contributed by atoms with Gasteiger partial charge in [0.25, 0.3) is 8.32 Å². The number of hydrogen-bond donors (Lipinski definition) is 1. The molecule has 12 heteroatoms. The lowest BCUT2D eigenvalue weighted by Crippen LogP contribution is -2.66. The van der Waals surface area contributed by atoms with Gasteiger partial charge in [-0.1, -0.05) is 135 Å². The van der Waals surface area contributed by atoms with Gasteiger partial charge in [0.1, 0.15) is 39.0 Å². The summed E-state index contributed by atoms with van der Waals surface area (Å²) in [5.41, 5.74) is 0.363. The van der Waals surface area contributed by atoms with Crippen molar-refractivity contribution in [2.24, 2.45) is 5.10 Å². The van der Waals surface area contributed by atoms with Crippen LogP contribution in [0.1, 0.15) is 70.4 Å². The number of aromatic nitrogens is 1. The number of fused-ring (bicyclic) bond motifs is 1. The summed E-state index contributed by atoms with van der Waals surface area (Å²) in [5, 5.41) is 13.2. The molecule has 5 aromatic rings. The number of ether oxygens (including phenoxy) is 1. The number of anilines is 2. The first-order valence-electron chi connectivity index (χ1n) is 18.5. The molecular weight excluding hydrogens is 751 g/mol. The van der Waals surface area contributed by atoms with E-state index >= 15 is 4.39 Å². The van der Waals surface area contributed by atoms with Gasteiger partial charge in [0, 0.05) is 18.6 Å². The second kappa shape index (κ2) is 15.3. The number of nitrogens with zero attached hydrogens (tertiary/aromatic N) is 3. The minimum atomic E-state index is -2.94. The average Bonchev–Trinajstić information content (AvgIpc) is 3.76. The van der Waals surface area contributed by atoms with E-state index in [2.05, 4.69) is 74.6 Å². The number of rotatable bonds is 10. The van der Waals surface area contributed by atoms with Crippen molar-refractivity contribution in [3.8, 4) is 0 Å². The number of hydrazone groups is 1. The van der Waals surface area contributed by atoms with Gasteiger partial charge >= 0.3 is 5.97 Å². The number of benzene rings is 4. The van der Waals surface area contributed by atoms with Gasteiger partial charge in [-0.3, -0.25) is 0 Å². The normalized spacial score (nSPS) is 18.7. The van der Waals surface area contributed by atoms with Crippen LogP contribution in [0.5, 0.6) is 0 Å². The molecule has 0 spiro atoms. The molecule has 3 heterocycles. The van der Waals surface area contributed by atoms with Crippen LogP contribution in [0.15, 0.2) is 114 Å². The summed E-state index contributed by atoms with van der Waals surface area (Å²) in [4.78, 5) is 18.1. The van der Waals surface area contributed by atoms with Crippen molar-refractivity contribution in [3.05, 3.63) is 137 Å². The van der Waals surface area contributed by atoms with E-state index in [0.29, 0.717) is 41.9 Å². The Bertz CT molecular complexity index is 2140. The Hall–Kier alpha value is -4.36. The van der Waals surface area contributed by atoms with Crippen LogP contribution in [0.2, 0.25) is 5.04 Å². The van der Waals surface area contributed by atoms with E-state index in [-0.39, 0.29) is 16.6 Å². The molecule has 286 valence electrons. The third-order valence-corrected chi connectivity index (χ3v) is 17.5. The van der Waals surface area contributed by atoms with E-state index in [1.165, 1.54) is 29.2 Å². The van der Waals surface area contributed by atoms with E-state index in [1.54, 1.807) is 0 Å². The van der Waals surface area contributed by atoms with Gasteiger partial charge in [0.05, 0.1) is 4.88 Å². The van der Waals surface area contributed by atoms with Gasteiger partial charge in [-0.05, 0) is 72.8 Å². The second-order valence-electron chi connectivity index (χ2n) is 15.9. The molecule has 1 aromatic heterocycles. The number of aryl methyl sites for hydroxylation is 1. The second-order valence-corrected chi connectivity index (χ2v) is 22.5. The van der Waals surface area contributed by atoms with Crippen molar-refractivity contribution < 1.29 is 22.7 Å². The maximum absolute atomic E-state index is 15.6. The fourth-order valence-electron chi connectivity index (χ4n) is 7.42. The van der Waals surface area contributed by atoms with E-state index in [9.17, 15) is 9.18 Å². The molecule has 7 rings (SSSR count). The zero-order valence-electron chi connectivity index (χ0n) is 31.9. The zero-order chi connectivity index (χ0) is 39.0. The first-order chi connectivity index (χ1) is 26.2. The van der Waals surface area contributed by atoms with E-state index in [1.807, 2.05) is 68.2 Å². The Kier molecular flexibility index (Phi) is 10.8. The summed E-state index contributed by atoms with van der Waals surface area (Å²) in [7, 11) is -2.94. The summed E-state index contributed by atoms with van der Waals surface area (Å²) in [6.07, 6.45) is 1.60. The predicted molar refractivity (Wildman–Crippen MR) is 223 cm³/mol. The maximum Gasteiger partial charge on any atom is 0.329 e. The van der Waals surface area contributed by atoms with Gasteiger partial charge in [-0.25, -0.2) is 23.6 Å². The molecule has 2 aliphatic rings. The Morgan fingerprint density at radius 1 is 0.909 bits per heavy atom. The standard InChI is InChI=1S/C43H46F2N4O3S2Si/c1-41(2,3)52-39(50)35-24-25-36-37(46-35)47-40(53-36)49-43(29-16-10-7-11-17-29,54-38(48-49)33-28-30(44)22-23-34(33)45)26-27-51-55(42(4,5)6,31-18-12-8-13-19-31)32-20-14-9-15-21-32/h7-23,28,35,46H,24-27H2,1-6H3. The maximum atomic E-state index is 15.6. The van der Waals surface area contributed by atoms with Crippen LogP contribution in [-0.2, 0) is 25.2 Å². The molecule has 0 aliphatic carbocycles. The van der Waals surface area contributed by atoms with Crippen molar-refractivity contribution in [1.82, 2.24) is 4.98 Å². The third kappa shape index (κ3) is 7.74. The highest BCUT2D eigenvalue weighted by Crippen LogP contribution is 2.54. The molecule has 0 radical (unpaired) electrons. The predicted octanol–water partition coefficient (Wildman–Crippen LogP) is 9.22. The third-order valence-electron chi connectivity index (χ3n) is 9.89. The minimum absolute atomic E-state index is 0.0742. The van der Waals surface area contributed by atoms with Crippen LogP contribution in [0.3, 0.4) is 0 Å². The number of halogens is 2. The molecule has 2 aliphatic heterocycles. The smallest absolute Gasteiger partial charge is 0.329 e. The summed E-state index contributed by atoms with van der Waals surface area (Å²) in [6.45, 7) is 12.6. The lowest BCUT2D eigenvalue weighted by atomic mass is 10.0. The molecule has 2 unspecified atom stereocenters. The van der Waals surface area contributed by atoms with Crippen LogP contribution >= 0.6 is 23.1 Å². The number of thioether (sulfide) groups is 1. The molecule has 0 saturated carbocycles. The SMILES string of the molecule is CC(C)(C)OC(=O)C1CCc2sc(N3N=C(c4cc(F)ccc4F)SC3(CCO[Si](c3ccccc3)(c3ccccc3)C(C)(C)C)c3ccccc3)nc2N1. The lowest BCUT2D eigenvalue weighted by molar-refractivity contribution is -0.156. The highest BCUT2D eigenvalue weighted by Gasteiger charge is 2.53. The molecule has 7 nitrogen and oxygen atoms in total. The van der Waals surface area contributed by atoms with Crippen molar-refractivity contribution in [1.29, 1.82) is 0 Å². The Morgan fingerprint density at radius 2 is 1.53 bits per heavy atom. The Balaban J connectivity index is 1.32. The van der Waals surface area contributed by atoms with Gasteiger partial charge in [-0.15, -0.1) is 0 Å². The molecular formula is C43H46F2N4O3S2Si. The number of carbonyl (C=O) groups excluding carboxylic acids is 1. The largest absolute Gasteiger partial charge is 0.458 e. The number of esters is 1. The summed E-state index contributed by atoms with van der Waals surface area (Å²) >= 11 is 2.85. The molecule has 0 amide bonds. The van der Waals surface area contributed by atoms with Crippen LogP contribution in [0, 0.1) is 11.6 Å². The topological polar surface area (TPSA) is 76.0 Å². The van der Waals surface area contributed by atoms with E-state index in [0.717, 1.165) is 32.9 Å². The quantitative estimate of drug-likeness (QED) is 0.112. The Morgan fingerprint density at radius 3 is 2.13 bits per heavy atom. The van der Waals surface area contributed by atoms with Crippen molar-refractivity contribution in [2.45, 2.75) is 82.4 Å². The number of nitrogens with one attached hydrogen (secondary N) is 1. The molecule has 1 N–H and O–H groups in total. The first kappa shape index (κ1) is 38.9. The van der Waals surface area contributed by atoms with Crippen LogP contribution in [0.4, 0.5) is 19.7 Å². The lowest BCUT2D eigenvalue weighted by Gasteiger charge is -2.44. The van der Waals surface area contributed by atoms with Crippen LogP contribution in [0.25, 0.3) is 0 Å². The molecule has 55 heavy (non-hydrogen) atoms. The van der Waals surface area contributed by atoms with Gasteiger partial charge in [0.2, 0.25) is 5.13 Å². The van der Waals surface area contributed by atoms with Gasteiger partial charge in [0.15, 0.2) is 0 Å². The highest BCUT2D eigenvalue weighted by molar-refractivity contribution is 8.15. The van der Waals surface area contributed by atoms with E-state index in [4.69, 9.17) is 19.2 Å². The van der Waals surface area contributed by atoms with Crippen LogP contribution < -0.4 is 20.7 Å². The molecule has 0 saturated heterocycles. The van der Waals surface area contributed by atoms with Crippen molar-refractivity contribution in [2.75, 3.05) is 16.9 Å². The zero-order valence-corrected chi connectivity index (χ0v) is 34.6. The summed E-state index contributed by atoms with van der Waals surface area (Å²) < 4.78 is 43.5. The first-order valence-corrected chi connectivity index (χ1v) is 22.1. The van der Waals surface area contributed by atoms with Crippen molar-refractivity contribution in [3.63, 3.8) is 0 Å². The van der Waals surface area contributed by atoms with Gasteiger partial charge in [-0.2, -0.15) is 5.10 Å².